The summed E-state index contributed by atoms with van der Waals surface area (Å²) < 4.78 is 29.7. The number of hydrogen-bond donors (Lipinski definition) is 0. The Kier molecular flexibility index (Phi) is 4.65. The van der Waals surface area contributed by atoms with Crippen LogP contribution in [-0.2, 0) is 16.0 Å². The average Bonchev–Trinajstić information content (AvgIpc) is 2.30. The summed E-state index contributed by atoms with van der Waals surface area (Å²) >= 11 is 2.94. The number of aromatic nitrogens is 1. The van der Waals surface area contributed by atoms with Crippen molar-refractivity contribution in [1.29, 1.82) is 0 Å². The van der Waals surface area contributed by atoms with Crippen molar-refractivity contribution in [2.24, 2.45) is 0 Å². The van der Waals surface area contributed by atoms with Crippen LogP contribution in [-0.4, -0.2) is 23.0 Å². The number of nitro groups is 1. The first kappa shape index (κ1) is 14.4. The number of ether oxygens (including phenoxy) is 1. The van der Waals surface area contributed by atoms with Gasteiger partial charge in [-0.05, 0) is 15.9 Å². The van der Waals surface area contributed by atoms with Crippen LogP contribution in [0.15, 0.2) is 10.5 Å². The van der Waals surface area contributed by atoms with Crippen LogP contribution in [0.25, 0.3) is 0 Å². The number of methoxy groups -OCH3 is 1. The number of alkyl halides is 2. The van der Waals surface area contributed by atoms with Gasteiger partial charge in [0.2, 0.25) is 0 Å². The highest BCUT2D eigenvalue weighted by molar-refractivity contribution is 9.10. The maximum Gasteiger partial charge on any atom is 0.311 e. The topological polar surface area (TPSA) is 82.3 Å². The minimum atomic E-state index is -3.10. The summed E-state index contributed by atoms with van der Waals surface area (Å²) in [5.41, 5.74) is -1.81. The highest BCUT2D eigenvalue weighted by Gasteiger charge is 2.26. The SMILES string of the molecule is COC(=O)Cc1nc(C(F)F)c([N+](=O)[O-])cc1Br. The second-order valence-corrected chi connectivity index (χ2v) is 3.99. The van der Waals surface area contributed by atoms with E-state index in [0.29, 0.717) is 0 Å². The fraction of sp³-hybridized carbons (Fsp3) is 0.333. The van der Waals surface area contributed by atoms with E-state index in [1.165, 1.54) is 0 Å². The standard InChI is InChI=1S/C9H7BrF2N2O4/c1-18-7(15)3-5-4(10)2-6(14(16)17)8(13-5)9(11)12/h2,9H,3H2,1H3. The first-order chi connectivity index (χ1) is 8.36. The molecule has 0 aliphatic heterocycles. The normalized spacial score (nSPS) is 10.5. The minimum absolute atomic E-state index is 0.0391. The van der Waals surface area contributed by atoms with Crippen molar-refractivity contribution < 1.29 is 23.2 Å². The smallest absolute Gasteiger partial charge is 0.311 e. The van der Waals surface area contributed by atoms with Crippen LogP contribution < -0.4 is 0 Å². The number of halogens is 3. The van der Waals surface area contributed by atoms with Gasteiger partial charge < -0.3 is 4.74 Å². The highest BCUT2D eigenvalue weighted by atomic mass is 79.9. The van der Waals surface area contributed by atoms with Gasteiger partial charge in [0.1, 0.15) is 0 Å². The predicted octanol–water partition coefficient (Wildman–Crippen LogP) is 2.41. The van der Waals surface area contributed by atoms with E-state index in [4.69, 9.17) is 0 Å². The van der Waals surface area contributed by atoms with Crippen LogP contribution in [0.2, 0.25) is 0 Å². The van der Waals surface area contributed by atoms with Crippen LogP contribution in [0.5, 0.6) is 0 Å². The Bertz CT molecular complexity index is 496. The number of pyridine rings is 1. The fourth-order valence-corrected chi connectivity index (χ4v) is 1.62. The lowest BCUT2D eigenvalue weighted by Gasteiger charge is -2.06. The zero-order valence-corrected chi connectivity index (χ0v) is 10.6. The molecule has 98 valence electrons. The first-order valence-corrected chi connectivity index (χ1v) is 5.34. The van der Waals surface area contributed by atoms with Gasteiger partial charge in [-0.3, -0.25) is 14.9 Å². The van der Waals surface area contributed by atoms with Gasteiger partial charge in [-0.25, -0.2) is 13.8 Å². The van der Waals surface area contributed by atoms with E-state index in [-0.39, 0.29) is 16.6 Å². The van der Waals surface area contributed by atoms with Crippen molar-refractivity contribution in [1.82, 2.24) is 4.98 Å². The Labute approximate surface area is 108 Å². The lowest BCUT2D eigenvalue weighted by atomic mass is 10.2. The summed E-state index contributed by atoms with van der Waals surface area (Å²) in [6.45, 7) is 0. The molecule has 0 saturated heterocycles. The average molecular weight is 325 g/mol. The quantitative estimate of drug-likeness (QED) is 0.482. The molecule has 18 heavy (non-hydrogen) atoms. The van der Waals surface area contributed by atoms with Gasteiger partial charge in [0.15, 0.2) is 5.69 Å². The molecule has 1 rings (SSSR count). The van der Waals surface area contributed by atoms with Crippen LogP contribution in [0.3, 0.4) is 0 Å². The molecular formula is C9H7BrF2N2O4. The van der Waals surface area contributed by atoms with Crippen molar-refractivity contribution in [3.05, 3.63) is 32.0 Å². The van der Waals surface area contributed by atoms with Gasteiger partial charge in [-0.15, -0.1) is 0 Å². The summed E-state index contributed by atoms with van der Waals surface area (Å²) in [5, 5.41) is 10.6. The third-order valence-corrected chi connectivity index (χ3v) is 2.69. The van der Waals surface area contributed by atoms with Crippen molar-refractivity contribution in [3.63, 3.8) is 0 Å². The molecular weight excluding hydrogens is 318 g/mol. The first-order valence-electron chi connectivity index (χ1n) is 4.55. The number of rotatable bonds is 4. The largest absolute Gasteiger partial charge is 0.469 e. The molecule has 0 amide bonds. The van der Waals surface area contributed by atoms with Crippen LogP contribution in [0, 0.1) is 10.1 Å². The van der Waals surface area contributed by atoms with E-state index < -0.39 is 28.7 Å². The Morgan fingerprint density at radius 1 is 1.67 bits per heavy atom. The molecule has 6 nitrogen and oxygen atoms in total. The number of hydrogen-bond acceptors (Lipinski definition) is 5. The second-order valence-electron chi connectivity index (χ2n) is 3.13. The molecule has 1 heterocycles. The molecule has 9 heteroatoms. The molecule has 1 aromatic heterocycles. The number of nitrogens with zero attached hydrogens (tertiary/aromatic N) is 2. The molecule has 0 atom stereocenters. The predicted molar refractivity (Wildman–Crippen MR) is 59.3 cm³/mol. The highest BCUT2D eigenvalue weighted by Crippen LogP contribution is 2.31. The van der Waals surface area contributed by atoms with Crippen molar-refractivity contribution in [3.8, 4) is 0 Å². The maximum atomic E-state index is 12.6. The minimum Gasteiger partial charge on any atom is -0.469 e. The Hall–Kier alpha value is -1.64. The summed E-state index contributed by atoms with van der Waals surface area (Å²) in [6, 6.07) is 0.896. The molecule has 0 bridgehead atoms. The molecule has 0 spiro atoms. The summed E-state index contributed by atoms with van der Waals surface area (Å²) in [5.74, 6) is -0.683. The van der Waals surface area contributed by atoms with Crippen molar-refractivity contribution in [2.75, 3.05) is 7.11 Å². The Morgan fingerprint density at radius 2 is 2.28 bits per heavy atom. The zero-order chi connectivity index (χ0) is 13.9. The van der Waals surface area contributed by atoms with Gasteiger partial charge in [-0.1, -0.05) is 0 Å². The zero-order valence-electron chi connectivity index (χ0n) is 9.02. The summed E-state index contributed by atoms with van der Waals surface area (Å²) in [6.07, 6.45) is -3.45. The summed E-state index contributed by atoms with van der Waals surface area (Å²) in [4.78, 5) is 24.1. The molecule has 0 aromatic carbocycles. The third kappa shape index (κ3) is 3.19. The molecule has 0 N–H and O–H groups in total. The molecule has 0 fully saturated rings. The molecule has 0 aliphatic carbocycles. The molecule has 0 aliphatic rings. The second kappa shape index (κ2) is 5.80. The lowest BCUT2D eigenvalue weighted by molar-refractivity contribution is -0.386. The van der Waals surface area contributed by atoms with E-state index in [1.807, 2.05) is 0 Å². The van der Waals surface area contributed by atoms with Gasteiger partial charge in [0.25, 0.3) is 12.1 Å². The van der Waals surface area contributed by atoms with E-state index in [0.717, 1.165) is 13.2 Å². The Morgan fingerprint density at radius 3 is 2.72 bits per heavy atom. The van der Waals surface area contributed by atoms with E-state index >= 15 is 0 Å². The van der Waals surface area contributed by atoms with E-state index in [2.05, 4.69) is 25.7 Å². The van der Waals surface area contributed by atoms with Crippen LogP contribution in [0.1, 0.15) is 17.8 Å². The van der Waals surface area contributed by atoms with Gasteiger partial charge in [0.05, 0.1) is 24.1 Å². The van der Waals surface area contributed by atoms with Crippen LogP contribution >= 0.6 is 15.9 Å². The number of carbonyl (C=O) groups excluding carboxylic acids is 1. The monoisotopic (exact) mass is 324 g/mol. The maximum absolute atomic E-state index is 12.6. The van der Waals surface area contributed by atoms with Crippen molar-refractivity contribution >= 4 is 27.6 Å². The van der Waals surface area contributed by atoms with Gasteiger partial charge in [0, 0.05) is 10.5 Å². The molecule has 0 radical (unpaired) electrons. The fourth-order valence-electron chi connectivity index (χ4n) is 1.17. The van der Waals surface area contributed by atoms with Gasteiger partial charge in [-0.2, -0.15) is 0 Å². The number of esters is 1. The molecule has 0 saturated carbocycles. The number of carbonyl (C=O) groups is 1. The van der Waals surface area contributed by atoms with Gasteiger partial charge >= 0.3 is 5.97 Å². The van der Waals surface area contributed by atoms with E-state index in [9.17, 15) is 23.7 Å². The molecule has 1 aromatic rings. The molecule has 0 unspecified atom stereocenters. The lowest BCUT2D eigenvalue weighted by Crippen LogP contribution is -2.09. The third-order valence-electron chi connectivity index (χ3n) is 2.00. The Balaban J connectivity index is 3.27. The van der Waals surface area contributed by atoms with Crippen LogP contribution in [0.4, 0.5) is 14.5 Å². The van der Waals surface area contributed by atoms with Crippen molar-refractivity contribution in [2.45, 2.75) is 12.8 Å². The summed E-state index contributed by atoms with van der Waals surface area (Å²) in [7, 11) is 1.13. The van der Waals surface area contributed by atoms with E-state index in [1.54, 1.807) is 0 Å².